The number of aromatic nitrogens is 1. The maximum Gasteiger partial charge on any atom is 0.418 e. The van der Waals surface area contributed by atoms with Crippen LogP contribution in [0.15, 0.2) is 36.0 Å². The number of rotatable bonds is 1. The van der Waals surface area contributed by atoms with E-state index in [0.717, 1.165) is 16.5 Å². The van der Waals surface area contributed by atoms with E-state index in [1.165, 1.54) is 10.1 Å². The molecule has 0 spiro atoms. The maximum absolute atomic E-state index is 12.1. The van der Waals surface area contributed by atoms with Crippen LogP contribution in [0.5, 0.6) is 0 Å². The largest absolute Gasteiger partial charge is 0.443 e. The van der Waals surface area contributed by atoms with E-state index in [2.05, 4.69) is 0 Å². The van der Waals surface area contributed by atoms with Gasteiger partial charge in [-0.25, -0.2) is 4.79 Å². The average molecular weight is 278 g/mol. The molecule has 0 amide bonds. The number of benzene rings is 1. The van der Waals surface area contributed by atoms with Crippen LogP contribution in [0.25, 0.3) is 17.0 Å². The Balaban J connectivity index is 2.38. The first kappa shape index (κ1) is 13.7. The van der Waals surface area contributed by atoms with Crippen LogP contribution in [0.1, 0.15) is 26.3 Å². The normalized spacial score (nSPS) is 12.2. The van der Waals surface area contributed by atoms with E-state index in [1.807, 2.05) is 45.0 Å². The van der Waals surface area contributed by atoms with E-state index in [1.54, 1.807) is 12.3 Å². The van der Waals surface area contributed by atoms with Crippen LogP contribution in [-0.4, -0.2) is 16.3 Å². The maximum atomic E-state index is 12.1. The molecule has 0 N–H and O–H groups in total. The molecule has 1 aromatic heterocycles. The molecule has 0 atom stereocenters. The smallest absolute Gasteiger partial charge is 0.418 e. The summed E-state index contributed by atoms with van der Waals surface area (Å²) in [4.78, 5) is 12.1. The highest BCUT2D eigenvalue weighted by Gasteiger charge is 2.18. The second kappa shape index (κ2) is 5.10. The van der Waals surface area contributed by atoms with Crippen molar-refractivity contribution >= 4 is 34.7 Å². The van der Waals surface area contributed by atoms with E-state index in [-0.39, 0.29) is 6.09 Å². The summed E-state index contributed by atoms with van der Waals surface area (Å²) in [6, 6.07) is 7.63. The summed E-state index contributed by atoms with van der Waals surface area (Å²) >= 11 is 5.56. The molecule has 1 heterocycles. The molecular weight excluding hydrogens is 262 g/mol. The summed E-state index contributed by atoms with van der Waals surface area (Å²) in [6.07, 6.45) is 3.14. The van der Waals surface area contributed by atoms with Crippen molar-refractivity contribution in [2.45, 2.75) is 26.4 Å². The lowest BCUT2D eigenvalue weighted by Crippen LogP contribution is -2.26. The summed E-state index contributed by atoms with van der Waals surface area (Å²) in [5.41, 5.74) is 2.77. The molecule has 0 saturated carbocycles. The van der Waals surface area contributed by atoms with Gasteiger partial charge in [0.15, 0.2) is 0 Å². The lowest BCUT2D eigenvalue weighted by atomic mass is 10.1. The quantitative estimate of drug-likeness (QED) is 0.761. The van der Waals surface area contributed by atoms with Crippen molar-refractivity contribution in [3.63, 3.8) is 0 Å². The standard InChI is InChI=1S/C15H16ClNO2/c1-15(2,3)19-14(18)17-9-7-12-10-11(6-8-16)4-5-13(12)17/h4-10H,1-3H3/b8-6+. The van der Waals surface area contributed by atoms with Gasteiger partial charge in [0, 0.05) is 17.1 Å². The zero-order valence-corrected chi connectivity index (χ0v) is 11.9. The second-order valence-corrected chi connectivity index (χ2v) is 5.53. The van der Waals surface area contributed by atoms with Crippen molar-refractivity contribution in [1.29, 1.82) is 0 Å². The third-order valence-electron chi connectivity index (χ3n) is 2.56. The van der Waals surface area contributed by atoms with Gasteiger partial charge >= 0.3 is 6.09 Å². The molecule has 2 rings (SSSR count). The summed E-state index contributed by atoms with van der Waals surface area (Å²) in [6.45, 7) is 5.54. The van der Waals surface area contributed by atoms with Gasteiger partial charge in [-0.05, 0) is 50.6 Å². The molecule has 0 aliphatic heterocycles. The number of ether oxygens (including phenoxy) is 1. The Morgan fingerprint density at radius 1 is 1.32 bits per heavy atom. The number of nitrogens with zero attached hydrogens (tertiary/aromatic N) is 1. The monoisotopic (exact) mass is 277 g/mol. The fourth-order valence-electron chi connectivity index (χ4n) is 1.81. The number of halogens is 1. The Labute approximate surface area is 117 Å². The van der Waals surface area contributed by atoms with Crippen LogP contribution in [0.2, 0.25) is 0 Å². The minimum Gasteiger partial charge on any atom is -0.443 e. The highest BCUT2D eigenvalue weighted by Crippen LogP contribution is 2.20. The molecule has 4 heteroatoms. The van der Waals surface area contributed by atoms with Gasteiger partial charge in [-0.1, -0.05) is 17.7 Å². The summed E-state index contributed by atoms with van der Waals surface area (Å²) in [5, 5.41) is 0.970. The molecule has 3 nitrogen and oxygen atoms in total. The second-order valence-electron chi connectivity index (χ2n) is 5.28. The highest BCUT2D eigenvalue weighted by atomic mass is 35.5. The topological polar surface area (TPSA) is 31.2 Å². The molecule has 0 unspecified atom stereocenters. The average Bonchev–Trinajstić information content (AvgIpc) is 2.70. The SMILES string of the molecule is CC(C)(C)OC(=O)n1ccc2cc(/C=C/Cl)ccc21. The van der Waals surface area contributed by atoms with Crippen LogP contribution in [0.3, 0.4) is 0 Å². The van der Waals surface area contributed by atoms with Crippen LogP contribution >= 0.6 is 11.6 Å². The first-order valence-electron chi connectivity index (χ1n) is 6.02. The minimum atomic E-state index is -0.505. The van der Waals surface area contributed by atoms with Gasteiger partial charge in [-0.3, -0.25) is 4.57 Å². The van der Waals surface area contributed by atoms with Gasteiger partial charge in [0.1, 0.15) is 5.60 Å². The molecule has 19 heavy (non-hydrogen) atoms. The van der Waals surface area contributed by atoms with E-state index < -0.39 is 5.60 Å². The Morgan fingerprint density at radius 3 is 2.68 bits per heavy atom. The molecule has 0 bridgehead atoms. The van der Waals surface area contributed by atoms with Gasteiger partial charge in [0.2, 0.25) is 0 Å². The molecule has 2 aromatic rings. The van der Waals surface area contributed by atoms with E-state index in [4.69, 9.17) is 16.3 Å². The van der Waals surface area contributed by atoms with Gasteiger partial charge < -0.3 is 4.74 Å². The van der Waals surface area contributed by atoms with Crippen molar-refractivity contribution in [1.82, 2.24) is 4.57 Å². The van der Waals surface area contributed by atoms with Crippen LogP contribution in [-0.2, 0) is 4.74 Å². The van der Waals surface area contributed by atoms with Crippen molar-refractivity contribution in [2.24, 2.45) is 0 Å². The molecular formula is C15H16ClNO2. The van der Waals surface area contributed by atoms with Crippen molar-refractivity contribution in [3.8, 4) is 0 Å². The molecule has 1 aromatic carbocycles. The van der Waals surface area contributed by atoms with Crippen LogP contribution < -0.4 is 0 Å². The molecule has 0 aliphatic carbocycles. The number of fused-ring (bicyclic) bond motifs is 1. The van der Waals surface area contributed by atoms with Gasteiger partial charge in [-0.15, -0.1) is 0 Å². The van der Waals surface area contributed by atoms with Gasteiger partial charge in [0.25, 0.3) is 0 Å². The fourth-order valence-corrected chi connectivity index (χ4v) is 1.95. The summed E-state index contributed by atoms with van der Waals surface area (Å²) in [7, 11) is 0. The predicted molar refractivity (Wildman–Crippen MR) is 78.5 cm³/mol. The Hall–Kier alpha value is -1.74. The van der Waals surface area contributed by atoms with Crippen molar-refractivity contribution < 1.29 is 9.53 Å². The Kier molecular flexibility index (Phi) is 3.67. The lowest BCUT2D eigenvalue weighted by Gasteiger charge is -2.19. The first-order chi connectivity index (χ1) is 8.90. The van der Waals surface area contributed by atoms with Crippen LogP contribution in [0, 0.1) is 0 Å². The summed E-state index contributed by atoms with van der Waals surface area (Å²) in [5.74, 6) is 0. The molecule has 0 fully saturated rings. The van der Waals surface area contributed by atoms with Gasteiger partial charge in [0.05, 0.1) is 5.52 Å². The summed E-state index contributed by atoms with van der Waals surface area (Å²) < 4.78 is 6.87. The lowest BCUT2D eigenvalue weighted by molar-refractivity contribution is 0.0544. The van der Waals surface area contributed by atoms with E-state index in [0.29, 0.717) is 0 Å². The zero-order valence-electron chi connectivity index (χ0n) is 11.2. The van der Waals surface area contributed by atoms with E-state index in [9.17, 15) is 4.79 Å². The minimum absolute atomic E-state index is 0.372. The number of carbonyl (C=O) groups excluding carboxylic acids is 1. The zero-order chi connectivity index (χ0) is 14.0. The number of carbonyl (C=O) groups is 1. The molecule has 0 saturated heterocycles. The van der Waals surface area contributed by atoms with Crippen LogP contribution in [0.4, 0.5) is 4.79 Å². The number of hydrogen-bond acceptors (Lipinski definition) is 2. The van der Waals surface area contributed by atoms with Gasteiger partial charge in [-0.2, -0.15) is 0 Å². The van der Waals surface area contributed by atoms with Crippen molar-refractivity contribution in [3.05, 3.63) is 41.6 Å². The van der Waals surface area contributed by atoms with Crippen molar-refractivity contribution in [2.75, 3.05) is 0 Å². The third-order valence-corrected chi connectivity index (χ3v) is 2.69. The Morgan fingerprint density at radius 2 is 2.05 bits per heavy atom. The van der Waals surface area contributed by atoms with E-state index >= 15 is 0 Å². The first-order valence-corrected chi connectivity index (χ1v) is 6.45. The number of hydrogen-bond donors (Lipinski definition) is 0. The molecule has 0 aliphatic rings. The molecule has 0 radical (unpaired) electrons. The predicted octanol–water partition coefficient (Wildman–Crippen LogP) is 4.63. The molecule has 100 valence electrons. The Bertz CT molecular complexity index is 635. The highest BCUT2D eigenvalue weighted by molar-refractivity contribution is 6.27. The fraction of sp³-hybridized carbons (Fsp3) is 0.267. The third kappa shape index (κ3) is 3.18.